The van der Waals surface area contributed by atoms with Crippen molar-refractivity contribution < 1.29 is 77.6 Å². The third kappa shape index (κ3) is 7.65. The van der Waals surface area contributed by atoms with Crippen LogP contribution in [0.4, 0.5) is 0 Å². The monoisotopic (exact) mass is 1380 g/mol. The quantitative estimate of drug-likeness (QED) is 0.0774. The predicted octanol–water partition coefficient (Wildman–Crippen LogP) is 13.1. The number of para-hydroxylation sites is 1. The van der Waals surface area contributed by atoms with Crippen LogP contribution < -0.4 is 88.5 Å². The van der Waals surface area contributed by atoms with E-state index in [1.165, 1.54) is 111 Å². The lowest BCUT2D eigenvalue weighted by Crippen LogP contribution is -2.09. The van der Waals surface area contributed by atoms with E-state index in [9.17, 15) is 43.2 Å². The molecule has 9 aromatic heterocycles. The maximum absolute atomic E-state index is 14.9. The highest BCUT2D eigenvalue weighted by molar-refractivity contribution is 6.30. The van der Waals surface area contributed by atoms with Crippen molar-refractivity contribution in [1.82, 2.24) is 0 Å². The summed E-state index contributed by atoms with van der Waals surface area (Å²) in [5, 5.41) is 1.97. The largest absolute Gasteiger partial charge is 0.493 e. The van der Waals surface area contributed by atoms with Crippen LogP contribution in [0.2, 0.25) is 0 Å². The van der Waals surface area contributed by atoms with Crippen molar-refractivity contribution in [2.75, 3.05) is 56.9 Å². The van der Waals surface area contributed by atoms with Gasteiger partial charge in [-0.1, -0.05) is 30.3 Å². The van der Waals surface area contributed by atoms with E-state index in [2.05, 4.69) is 0 Å². The lowest BCUT2D eigenvalue weighted by atomic mass is 9.95. The molecule has 9 heterocycles. The molecule has 0 saturated carbocycles. The minimum absolute atomic E-state index is 0.00165. The van der Waals surface area contributed by atoms with E-state index in [4.69, 9.17) is 77.6 Å². The van der Waals surface area contributed by atoms with Gasteiger partial charge >= 0.3 is 50.6 Å². The molecular weight excluding hydrogens is 1340 g/mol. The van der Waals surface area contributed by atoms with Gasteiger partial charge in [0.2, 0.25) is 0 Å². The third-order valence-corrected chi connectivity index (χ3v) is 19.6. The summed E-state index contributed by atoms with van der Waals surface area (Å²) in [7, 11) is 10.4. The molecule has 10 aromatic carbocycles. The normalized spacial score (nSPS) is 12.2. The molecule has 26 nitrogen and oxygen atoms in total. The zero-order valence-electron chi connectivity index (χ0n) is 54.4. The van der Waals surface area contributed by atoms with E-state index < -0.39 is 50.6 Å². The lowest BCUT2D eigenvalue weighted by Gasteiger charge is -2.18. The second-order valence-corrected chi connectivity index (χ2v) is 24.2. The molecule has 0 fully saturated rings. The highest BCUT2D eigenvalue weighted by Crippen LogP contribution is 2.53. The summed E-state index contributed by atoms with van der Waals surface area (Å²) >= 11 is 0. The Kier molecular flexibility index (Phi) is 12.2. The van der Waals surface area contributed by atoms with Crippen LogP contribution in [0.5, 0.6) is 46.0 Å². The smallest absolute Gasteiger partial charge is 0.344 e. The van der Waals surface area contributed by atoms with Crippen LogP contribution in [0.25, 0.3) is 196 Å². The second kappa shape index (κ2) is 20.9. The molecule has 0 aliphatic carbocycles. The molecule has 0 aliphatic heterocycles. The Hall–Kier alpha value is -14.2. The number of rotatable bonds is 8. The number of hydrogen-bond donors (Lipinski definition) is 0. The van der Waals surface area contributed by atoms with Gasteiger partial charge in [0.25, 0.3) is 0 Å². The Bertz CT molecular complexity index is 7950. The average molecular weight is 1380 g/mol. The number of benzene rings is 10. The average Bonchev–Trinajstić information content (AvgIpc) is 0.701. The molecule has 0 N–H and O–H groups in total. The van der Waals surface area contributed by atoms with Gasteiger partial charge in [-0.15, -0.1) is 0 Å². The van der Waals surface area contributed by atoms with Gasteiger partial charge in [0.15, 0.2) is 90.7 Å². The molecular formula is C77H40O26. The first-order valence-corrected chi connectivity index (χ1v) is 31.2. The topological polar surface area (TPSA) is 346 Å². The van der Waals surface area contributed by atoms with Crippen LogP contribution >= 0.6 is 0 Å². The Balaban J connectivity index is 0.829. The fraction of sp³-hybridized carbons (Fsp3) is 0.104. The Morgan fingerprint density at radius 3 is 0.767 bits per heavy atom. The van der Waals surface area contributed by atoms with Crippen molar-refractivity contribution in [3.8, 4) is 46.0 Å². The standard InChI is InChI=1S/C77H40O26/c1-87-45-15-11-14-26-28-16-39-30(18-37(28)70(79)96-54(26)45)48-57(89-3)65-50(59(91-5)63(48)98-72(39)81)32-20-43-34(22-41(32)74(83)100-65)52-61(93-7)68-53(62(94-8)67(52)102-76(43)85)35-23-42-33(21-44(35)77(86)103-68)51-60(92-6)64-49(58(90-4)66(51)101-75(42)84)31-19-38-29(17-40(31)73(82)99-64)36-24-46-47(56(88-2)55(36)97-71(38)80)25-12-9-10-13-27(25)69(78)95-46/h9-24H,1-8H3. The molecule has 0 radical (unpaired) electrons. The first kappa shape index (κ1) is 60.0. The molecule has 103 heavy (non-hydrogen) atoms. The summed E-state index contributed by atoms with van der Waals surface area (Å²) in [6.45, 7) is 0. The number of fused-ring (bicyclic) bond motifs is 27. The van der Waals surface area contributed by atoms with Crippen LogP contribution in [-0.4, -0.2) is 56.9 Å². The Morgan fingerprint density at radius 1 is 0.194 bits per heavy atom. The molecule has 19 rings (SSSR count). The zero-order chi connectivity index (χ0) is 70.9. The second-order valence-electron chi connectivity index (χ2n) is 24.2. The first-order chi connectivity index (χ1) is 49.9. The van der Waals surface area contributed by atoms with Crippen molar-refractivity contribution in [2.24, 2.45) is 0 Å². The molecule has 0 unspecified atom stereocenters. The molecule has 0 atom stereocenters. The molecule has 0 bridgehead atoms. The minimum atomic E-state index is -0.994. The van der Waals surface area contributed by atoms with Crippen molar-refractivity contribution >= 4 is 196 Å². The highest BCUT2D eigenvalue weighted by Gasteiger charge is 2.33. The minimum Gasteiger partial charge on any atom is -0.493 e. The fourth-order valence-corrected chi connectivity index (χ4v) is 15.3. The van der Waals surface area contributed by atoms with Crippen LogP contribution in [0, 0.1) is 0 Å². The lowest BCUT2D eigenvalue weighted by molar-refractivity contribution is 0.400. The Morgan fingerprint density at radius 2 is 0.447 bits per heavy atom. The van der Waals surface area contributed by atoms with Crippen molar-refractivity contribution in [2.45, 2.75) is 0 Å². The summed E-state index contributed by atoms with van der Waals surface area (Å²) < 4.78 is 102. The van der Waals surface area contributed by atoms with E-state index >= 15 is 0 Å². The van der Waals surface area contributed by atoms with E-state index in [1.807, 2.05) is 0 Å². The predicted molar refractivity (Wildman–Crippen MR) is 381 cm³/mol. The van der Waals surface area contributed by atoms with Gasteiger partial charge in [-0.3, -0.25) is 0 Å². The first-order valence-electron chi connectivity index (χ1n) is 31.2. The van der Waals surface area contributed by atoms with Gasteiger partial charge in [0, 0.05) is 59.2 Å². The van der Waals surface area contributed by atoms with E-state index in [0.717, 1.165) is 0 Å². The third-order valence-electron chi connectivity index (χ3n) is 19.6. The summed E-state index contributed by atoms with van der Waals surface area (Å²) in [5.41, 5.74) is -9.04. The van der Waals surface area contributed by atoms with Gasteiger partial charge < -0.3 is 77.6 Å². The number of hydrogen-bond acceptors (Lipinski definition) is 26. The van der Waals surface area contributed by atoms with E-state index in [-0.39, 0.29) is 220 Å². The number of methoxy groups -OCH3 is 8. The van der Waals surface area contributed by atoms with Gasteiger partial charge in [-0.25, -0.2) is 43.2 Å². The van der Waals surface area contributed by atoms with Crippen molar-refractivity contribution in [3.05, 3.63) is 191 Å². The molecule has 0 amide bonds. The summed E-state index contributed by atoms with van der Waals surface area (Å²) in [6.07, 6.45) is 0. The Labute approximate surface area is 564 Å². The van der Waals surface area contributed by atoms with Gasteiger partial charge in [0.1, 0.15) is 5.58 Å². The molecule has 0 saturated heterocycles. The van der Waals surface area contributed by atoms with Gasteiger partial charge in [0.05, 0.1) is 143 Å². The molecule has 19 aromatic rings. The van der Waals surface area contributed by atoms with Crippen LogP contribution in [0.3, 0.4) is 0 Å². The molecule has 0 spiro atoms. The maximum Gasteiger partial charge on any atom is 0.344 e. The van der Waals surface area contributed by atoms with Gasteiger partial charge in [-0.05, 0) is 66.7 Å². The van der Waals surface area contributed by atoms with Crippen LogP contribution in [0.15, 0.2) is 180 Å². The fourth-order valence-electron chi connectivity index (χ4n) is 15.3. The van der Waals surface area contributed by atoms with E-state index in [0.29, 0.717) is 21.5 Å². The molecule has 504 valence electrons. The summed E-state index contributed by atoms with van der Waals surface area (Å²) in [4.78, 5) is 130. The number of ether oxygens (including phenoxy) is 8. The van der Waals surface area contributed by atoms with Crippen molar-refractivity contribution in [3.63, 3.8) is 0 Å². The van der Waals surface area contributed by atoms with Crippen molar-refractivity contribution in [1.29, 1.82) is 0 Å². The molecule has 0 aliphatic rings. The summed E-state index contributed by atoms with van der Waals surface area (Å²) in [6, 6.07) is 24.3. The van der Waals surface area contributed by atoms with E-state index in [1.54, 1.807) is 42.5 Å². The maximum atomic E-state index is 14.9. The van der Waals surface area contributed by atoms with Gasteiger partial charge in [-0.2, -0.15) is 0 Å². The SMILES string of the molecule is COc1cccc2c1oc(=O)c1cc3c(cc12)c(=O)oc1c(OC)c2c(oc(=O)c4cc5c(cc42)c(=O)oc2c(OC)c4c(oc(=O)c6cc7c(cc64)c(=O)oc4c(OC)c6c(oc(=O)c8cc9c(cc86)c(=O)oc6c(OC)c8c(cc69)oc(=O)c6ccccc68)c(OC)c47)c(OC)c25)c(OC)c13. The van der Waals surface area contributed by atoms with Crippen LogP contribution in [-0.2, 0) is 0 Å². The zero-order valence-corrected chi connectivity index (χ0v) is 54.4. The van der Waals surface area contributed by atoms with Crippen LogP contribution in [0.1, 0.15) is 0 Å². The molecule has 26 heteroatoms. The highest BCUT2D eigenvalue weighted by atomic mass is 16.5. The summed E-state index contributed by atoms with van der Waals surface area (Å²) in [5.74, 6) is -0.601.